The smallest absolute Gasteiger partial charge is 0.234 e. The van der Waals surface area contributed by atoms with Gasteiger partial charge >= 0.3 is 0 Å². The molecule has 5 nitrogen and oxygen atoms in total. The predicted molar refractivity (Wildman–Crippen MR) is 84.5 cm³/mol. The number of aliphatic hydroxyl groups is 1. The van der Waals surface area contributed by atoms with Crippen molar-refractivity contribution in [3.05, 3.63) is 35.4 Å². The number of benzene rings is 1. The number of nitrogens with zero attached hydrogens (tertiary/aromatic N) is 1. The third-order valence-electron chi connectivity index (χ3n) is 5.77. The number of amides is 2. The fourth-order valence-electron chi connectivity index (χ4n) is 4.51. The summed E-state index contributed by atoms with van der Waals surface area (Å²) in [6.07, 6.45) is 3.44. The first-order valence-corrected chi connectivity index (χ1v) is 8.43. The molecule has 1 aromatic rings. The van der Waals surface area contributed by atoms with E-state index >= 15 is 0 Å². The number of aryl methyl sites for hydroxylation is 1. The molecule has 1 aliphatic carbocycles. The van der Waals surface area contributed by atoms with Crippen molar-refractivity contribution in [2.24, 2.45) is 5.41 Å². The molecule has 2 saturated heterocycles. The molecule has 2 N–H and O–H groups in total. The van der Waals surface area contributed by atoms with Crippen LogP contribution in [0.15, 0.2) is 24.3 Å². The number of nitrogens with one attached hydrogen (secondary N) is 1. The van der Waals surface area contributed by atoms with E-state index in [0.29, 0.717) is 19.5 Å². The zero-order valence-corrected chi connectivity index (χ0v) is 13.1. The van der Waals surface area contributed by atoms with Crippen molar-refractivity contribution in [1.29, 1.82) is 0 Å². The van der Waals surface area contributed by atoms with Crippen molar-refractivity contribution in [1.82, 2.24) is 10.2 Å². The van der Waals surface area contributed by atoms with Crippen LogP contribution >= 0.6 is 0 Å². The zero-order valence-electron chi connectivity index (χ0n) is 13.1. The molecule has 2 amide bonds. The number of likely N-dealkylation sites (tertiary alicyclic amines) is 1. The SMILES string of the molecule is O=C1CC2(CCN(C(O)C3CCCc4ccccc43)C2)C(=O)N1. The van der Waals surface area contributed by atoms with E-state index in [4.69, 9.17) is 0 Å². The summed E-state index contributed by atoms with van der Waals surface area (Å²) in [6.45, 7) is 1.14. The van der Waals surface area contributed by atoms with Gasteiger partial charge in [0, 0.05) is 25.4 Å². The van der Waals surface area contributed by atoms with Crippen LogP contribution in [0.3, 0.4) is 0 Å². The van der Waals surface area contributed by atoms with Crippen molar-refractivity contribution in [3.63, 3.8) is 0 Å². The van der Waals surface area contributed by atoms with Crippen molar-refractivity contribution < 1.29 is 14.7 Å². The molecular weight excluding hydrogens is 292 g/mol. The number of carbonyl (C=O) groups is 2. The molecule has 4 rings (SSSR count). The minimum atomic E-state index is -0.619. The van der Waals surface area contributed by atoms with Gasteiger partial charge in [-0.25, -0.2) is 0 Å². The molecule has 2 aliphatic heterocycles. The highest BCUT2D eigenvalue weighted by Crippen LogP contribution is 2.42. The van der Waals surface area contributed by atoms with E-state index in [0.717, 1.165) is 19.3 Å². The predicted octanol–water partition coefficient (Wildman–Crippen LogP) is 1.16. The normalized spacial score (nSPS) is 32.1. The van der Waals surface area contributed by atoms with Gasteiger partial charge in [0.2, 0.25) is 11.8 Å². The lowest BCUT2D eigenvalue weighted by molar-refractivity contribution is -0.128. The van der Waals surface area contributed by atoms with Crippen LogP contribution in [0.25, 0.3) is 0 Å². The highest BCUT2D eigenvalue weighted by atomic mass is 16.3. The lowest BCUT2D eigenvalue weighted by Gasteiger charge is -2.35. The molecule has 1 spiro atoms. The maximum atomic E-state index is 12.1. The second-order valence-corrected chi connectivity index (χ2v) is 7.17. The van der Waals surface area contributed by atoms with Crippen molar-refractivity contribution in [2.45, 2.75) is 44.2 Å². The Labute approximate surface area is 135 Å². The highest BCUT2D eigenvalue weighted by molar-refractivity contribution is 6.06. The highest BCUT2D eigenvalue weighted by Gasteiger charge is 2.52. The molecule has 3 unspecified atom stereocenters. The minimum absolute atomic E-state index is 0.0928. The summed E-state index contributed by atoms with van der Waals surface area (Å²) in [5, 5.41) is 13.3. The second kappa shape index (κ2) is 5.42. The Morgan fingerprint density at radius 2 is 2.13 bits per heavy atom. The van der Waals surface area contributed by atoms with E-state index in [9.17, 15) is 14.7 Å². The van der Waals surface area contributed by atoms with Gasteiger partial charge in [0.05, 0.1) is 5.41 Å². The molecular formula is C18H22N2O3. The Morgan fingerprint density at radius 3 is 2.91 bits per heavy atom. The quantitative estimate of drug-likeness (QED) is 0.804. The number of hydrogen-bond acceptors (Lipinski definition) is 4. The Kier molecular flexibility index (Phi) is 3.50. The second-order valence-electron chi connectivity index (χ2n) is 7.17. The first-order chi connectivity index (χ1) is 11.1. The zero-order chi connectivity index (χ0) is 16.0. The van der Waals surface area contributed by atoms with Crippen molar-refractivity contribution >= 4 is 11.8 Å². The maximum absolute atomic E-state index is 12.1. The molecule has 122 valence electrons. The van der Waals surface area contributed by atoms with E-state index in [2.05, 4.69) is 17.4 Å². The van der Waals surface area contributed by atoms with Crippen LogP contribution in [-0.4, -0.2) is 41.1 Å². The van der Waals surface area contributed by atoms with Crippen LogP contribution in [0, 0.1) is 5.41 Å². The number of rotatable bonds is 2. The van der Waals surface area contributed by atoms with Gasteiger partial charge in [-0.15, -0.1) is 0 Å². The van der Waals surface area contributed by atoms with E-state index in [-0.39, 0.29) is 24.2 Å². The van der Waals surface area contributed by atoms with Gasteiger partial charge in [0.15, 0.2) is 0 Å². The van der Waals surface area contributed by atoms with Gasteiger partial charge in [-0.3, -0.25) is 19.8 Å². The Bertz CT molecular complexity index is 659. The van der Waals surface area contributed by atoms with Gasteiger partial charge in [-0.1, -0.05) is 24.3 Å². The largest absolute Gasteiger partial charge is 0.378 e. The average Bonchev–Trinajstić information content (AvgIpc) is 3.10. The number of carbonyl (C=O) groups excluding carboxylic acids is 2. The first-order valence-electron chi connectivity index (χ1n) is 8.43. The Morgan fingerprint density at radius 1 is 1.30 bits per heavy atom. The van der Waals surface area contributed by atoms with Crippen LogP contribution in [0.5, 0.6) is 0 Å². The fourth-order valence-corrected chi connectivity index (χ4v) is 4.51. The first kappa shape index (κ1) is 14.8. The van der Waals surface area contributed by atoms with Gasteiger partial charge in [-0.2, -0.15) is 0 Å². The molecule has 1 aromatic carbocycles. The van der Waals surface area contributed by atoms with E-state index < -0.39 is 11.6 Å². The number of fused-ring (bicyclic) bond motifs is 1. The minimum Gasteiger partial charge on any atom is -0.378 e. The van der Waals surface area contributed by atoms with Crippen LogP contribution < -0.4 is 5.32 Å². The lowest BCUT2D eigenvalue weighted by atomic mass is 9.81. The number of imide groups is 1. The van der Waals surface area contributed by atoms with Gasteiger partial charge in [0.25, 0.3) is 0 Å². The molecule has 0 bridgehead atoms. The molecule has 3 aliphatic rings. The standard InChI is InChI=1S/C18H22N2O3/c21-15-10-18(17(23)19-15)8-9-20(11-18)16(22)14-7-3-5-12-4-1-2-6-13(12)14/h1-2,4,6,14,16,22H,3,5,7-11H2,(H,19,21,23). The molecule has 23 heavy (non-hydrogen) atoms. The third kappa shape index (κ3) is 2.39. The van der Waals surface area contributed by atoms with Crippen molar-refractivity contribution in [2.75, 3.05) is 13.1 Å². The maximum Gasteiger partial charge on any atom is 0.234 e. The topological polar surface area (TPSA) is 69.6 Å². The summed E-state index contributed by atoms with van der Waals surface area (Å²) in [7, 11) is 0. The fraction of sp³-hybridized carbons (Fsp3) is 0.556. The molecule has 3 atom stereocenters. The summed E-state index contributed by atoms with van der Waals surface area (Å²) < 4.78 is 0. The van der Waals surface area contributed by atoms with Crippen LogP contribution in [0.2, 0.25) is 0 Å². The lowest BCUT2D eigenvalue weighted by Crippen LogP contribution is -2.42. The summed E-state index contributed by atoms with van der Waals surface area (Å²) in [6, 6.07) is 8.33. The molecule has 2 heterocycles. The summed E-state index contributed by atoms with van der Waals surface area (Å²) in [5.41, 5.74) is 1.94. The monoisotopic (exact) mass is 314 g/mol. The molecule has 0 radical (unpaired) electrons. The molecule has 5 heteroatoms. The van der Waals surface area contributed by atoms with Crippen LogP contribution in [-0.2, 0) is 16.0 Å². The molecule has 0 aromatic heterocycles. The number of aliphatic hydroxyl groups excluding tert-OH is 1. The van der Waals surface area contributed by atoms with Gasteiger partial charge < -0.3 is 5.11 Å². The molecule has 2 fully saturated rings. The van der Waals surface area contributed by atoms with Crippen molar-refractivity contribution in [3.8, 4) is 0 Å². The summed E-state index contributed by atoms with van der Waals surface area (Å²) in [4.78, 5) is 25.6. The average molecular weight is 314 g/mol. The van der Waals surface area contributed by atoms with E-state index in [1.165, 1.54) is 11.1 Å². The van der Waals surface area contributed by atoms with E-state index in [1.54, 1.807) is 0 Å². The Hall–Kier alpha value is -1.72. The van der Waals surface area contributed by atoms with Crippen LogP contribution in [0.1, 0.15) is 42.7 Å². The third-order valence-corrected chi connectivity index (χ3v) is 5.77. The molecule has 0 saturated carbocycles. The Balaban J connectivity index is 1.54. The summed E-state index contributed by atoms with van der Waals surface area (Å²) >= 11 is 0. The van der Waals surface area contributed by atoms with Gasteiger partial charge in [-0.05, 0) is 36.8 Å². The van der Waals surface area contributed by atoms with E-state index in [1.807, 2.05) is 17.0 Å². The van der Waals surface area contributed by atoms with Gasteiger partial charge in [0.1, 0.15) is 6.23 Å². The van der Waals surface area contributed by atoms with Crippen LogP contribution in [0.4, 0.5) is 0 Å². The number of hydrogen-bond donors (Lipinski definition) is 2. The summed E-state index contributed by atoms with van der Waals surface area (Å²) in [5.74, 6) is -0.258.